The van der Waals surface area contributed by atoms with E-state index in [-0.39, 0.29) is 6.10 Å². The van der Waals surface area contributed by atoms with Crippen LogP contribution in [0.25, 0.3) is 22.5 Å². The Hall–Kier alpha value is -3.61. The molecule has 0 radical (unpaired) electrons. The Balaban J connectivity index is 1.32. The van der Waals surface area contributed by atoms with Crippen LogP contribution in [0, 0.1) is 12.8 Å². The second kappa shape index (κ2) is 8.06. The number of carbonyl (C=O) groups is 2. The number of aliphatic carboxylic acids is 1. The first-order chi connectivity index (χ1) is 15.9. The van der Waals surface area contributed by atoms with E-state index in [2.05, 4.69) is 10.5 Å². The van der Waals surface area contributed by atoms with Crippen molar-refractivity contribution in [3.8, 4) is 22.5 Å². The number of aromatic nitrogens is 1. The van der Waals surface area contributed by atoms with Gasteiger partial charge in [-0.25, -0.2) is 4.79 Å². The number of nitrogens with one attached hydrogen (secondary N) is 1. The second-order valence-corrected chi connectivity index (χ2v) is 9.09. The fourth-order valence-corrected chi connectivity index (χ4v) is 4.22. The smallest absolute Gasteiger partial charge is 0.412 e. The SMILES string of the molecule is Cc1noc(-c2ccc(-c3ccc(C4(C(=O)O)CC4)cc3)cc2)c1NC(=O)OC(C)C1CC1. The van der Waals surface area contributed by atoms with Gasteiger partial charge in [-0.15, -0.1) is 0 Å². The molecule has 2 saturated carbocycles. The number of nitrogens with zero attached hydrogens (tertiary/aromatic N) is 1. The molecule has 0 aliphatic heterocycles. The van der Waals surface area contributed by atoms with Crippen LogP contribution in [0.1, 0.15) is 43.9 Å². The quantitative estimate of drug-likeness (QED) is 0.477. The molecule has 1 unspecified atom stereocenters. The van der Waals surface area contributed by atoms with Crippen molar-refractivity contribution in [3.63, 3.8) is 0 Å². The first-order valence-corrected chi connectivity index (χ1v) is 11.3. The number of carboxylic acids is 1. The molecule has 0 spiro atoms. The number of amides is 1. The summed E-state index contributed by atoms with van der Waals surface area (Å²) in [7, 11) is 0. The molecule has 2 aliphatic carbocycles. The molecule has 2 aromatic carbocycles. The summed E-state index contributed by atoms with van der Waals surface area (Å²) in [5.41, 5.74) is 4.00. The van der Waals surface area contributed by atoms with Crippen molar-refractivity contribution >= 4 is 17.7 Å². The lowest BCUT2D eigenvalue weighted by Gasteiger charge is -2.13. The molecule has 1 aromatic heterocycles. The summed E-state index contributed by atoms with van der Waals surface area (Å²) >= 11 is 0. The first kappa shape index (κ1) is 21.2. The number of ether oxygens (including phenoxy) is 1. The minimum atomic E-state index is -0.753. The monoisotopic (exact) mass is 446 g/mol. The predicted octanol–water partition coefficient (Wildman–Crippen LogP) is 5.78. The molecule has 7 nitrogen and oxygen atoms in total. The summed E-state index contributed by atoms with van der Waals surface area (Å²) in [6, 6.07) is 15.5. The molecule has 1 atom stereocenters. The number of benzene rings is 2. The summed E-state index contributed by atoms with van der Waals surface area (Å²) in [5.74, 6) is 0.180. The van der Waals surface area contributed by atoms with E-state index >= 15 is 0 Å². The van der Waals surface area contributed by atoms with Crippen LogP contribution in [0.4, 0.5) is 10.5 Å². The van der Waals surface area contributed by atoms with Crippen LogP contribution in [-0.2, 0) is 14.9 Å². The van der Waals surface area contributed by atoms with Crippen molar-refractivity contribution in [2.75, 3.05) is 5.32 Å². The van der Waals surface area contributed by atoms with Gasteiger partial charge in [-0.1, -0.05) is 53.7 Å². The normalized spacial score (nSPS) is 17.3. The topological polar surface area (TPSA) is 102 Å². The van der Waals surface area contributed by atoms with Crippen molar-refractivity contribution in [2.24, 2.45) is 5.92 Å². The maximum Gasteiger partial charge on any atom is 0.412 e. The Morgan fingerprint density at radius 1 is 1.06 bits per heavy atom. The van der Waals surface area contributed by atoms with Gasteiger partial charge in [0.1, 0.15) is 17.5 Å². The van der Waals surface area contributed by atoms with Crippen LogP contribution in [-0.4, -0.2) is 28.4 Å². The Morgan fingerprint density at radius 2 is 1.64 bits per heavy atom. The molecule has 7 heteroatoms. The van der Waals surface area contributed by atoms with Gasteiger partial charge in [-0.3, -0.25) is 10.1 Å². The van der Waals surface area contributed by atoms with Crippen molar-refractivity contribution in [3.05, 3.63) is 59.8 Å². The maximum atomic E-state index is 12.3. The standard InChI is InChI=1S/C26H26N2O5/c1-15-22(27-25(31)32-16(2)17-3-4-17)23(33-28-15)20-7-5-18(6-8-20)19-9-11-21(12-10-19)26(13-14-26)24(29)30/h5-12,16-17H,3-4,13-14H2,1-2H3,(H,27,31)(H,29,30). The van der Waals surface area contributed by atoms with Gasteiger partial charge < -0.3 is 14.4 Å². The fourth-order valence-electron chi connectivity index (χ4n) is 4.22. The number of carboxylic acid groups (broad SMARTS) is 1. The van der Waals surface area contributed by atoms with Gasteiger partial charge >= 0.3 is 12.1 Å². The van der Waals surface area contributed by atoms with E-state index in [0.29, 0.717) is 35.9 Å². The number of carbonyl (C=O) groups excluding carboxylic acids is 1. The third-order valence-corrected chi connectivity index (χ3v) is 6.75. The van der Waals surface area contributed by atoms with Gasteiger partial charge in [-0.05, 0) is 62.1 Å². The highest BCUT2D eigenvalue weighted by atomic mass is 16.6. The number of aryl methyl sites for hydroxylation is 1. The van der Waals surface area contributed by atoms with Crippen LogP contribution in [0.5, 0.6) is 0 Å². The van der Waals surface area contributed by atoms with E-state index in [9.17, 15) is 14.7 Å². The van der Waals surface area contributed by atoms with Crippen LogP contribution in [0.15, 0.2) is 53.1 Å². The lowest BCUT2D eigenvalue weighted by atomic mass is 9.93. The molecule has 170 valence electrons. The molecule has 5 rings (SSSR count). The van der Waals surface area contributed by atoms with Crippen LogP contribution in [0.3, 0.4) is 0 Å². The predicted molar refractivity (Wildman–Crippen MR) is 123 cm³/mol. The lowest BCUT2D eigenvalue weighted by molar-refractivity contribution is -0.140. The largest absolute Gasteiger partial charge is 0.481 e. The molecule has 3 aromatic rings. The molecule has 1 heterocycles. The van der Waals surface area contributed by atoms with Gasteiger partial charge in [0, 0.05) is 5.56 Å². The summed E-state index contributed by atoms with van der Waals surface area (Å²) < 4.78 is 11.0. The number of anilines is 1. The van der Waals surface area contributed by atoms with Crippen LogP contribution in [0.2, 0.25) is 0 Å². The van der Waals surface area contributed by atoms with E-state index in [0.717, 1.165) is 35.1 Å². The molecular weight excluding hydrogens is 420 g/mol. The zero-order valence-corrected chi connectivity index (χ0v) is 18.6. The second-order valence-electron chi connectivity index (χ2n) is 9.09. The average molecular weight is 447 g/mol. The van der Waals surface area contributed by atoms with E-state index < -0.39 is 17.5 Å². The molecule has 0 bridgehead atoms. The molecule has 2 N–H and O–H groups in total. The van der Waals surface area contributed by atoms with Gasteiger partial charge in [0.25, 0.3) is 0 Å². The number of rotatable bonds is 7. The Bertz CT molecular complexity index is 1190. The number of hydrogen-bond acceptors (Lipinski definition) is 5. The lowest BCUT2D eigenvalue weighted by Crippen LogP contribution is -2.21. The Kier molecular flexibility index (Phi) is 5.19. The summed E-state index contributed by atoms with van der Waals surface area (Å²) in [4.78, 5) is 23.9. The van der Waals surface area contributed by atoms with E-state index in [1.165, 1.54) is 0 Å². The molecule has 1 amide bonds. The minimum Gasteiger partial charge on any atom is -0.481 e. The van der Waals surface area contributed by atoms with Gasteiger partial charge in [-0.2, -0.15) is 0 Å². The average Bonchev–Trinajstić information content (AvgIpc) is 3.73. The zero-order chi connectivity index (χ0) is 23.2. The highest BCUT2D eigenvalue weighted by molar-refractivity contribution is 5.91. The van der Waals surface area contributed by atoms with E-state index in [4.69, 9.17) is 9.26 Å². The molecular formula is C26H26N2O5. The fraction of sp³-hybridized carbons (Fsp3) is 0.346. The maximum absolute atomic E-state index is 12.3. The Morgan fingerprint density at radius 3 is 2.18 bits per heavy atom. The number of hydrogen-bond donors (Lipinski definition) is 2. The van der Waals surface area contributed by atoms with Crippen LogP contribution >= 0.6 is 0 Å². The molecule has 2 aliphatic rings. The van der Waals surface area contributed by atoms with Gasteiger partial charge in [0.2, 0.25) is 0 Å². The van der Waals surface area contributed by atoms with Gasteiger partial charge in [0.05, 0.1) is 5.41 Å². The molecule has 2 fully saturated rings. The van der Waals surface area contributed by atoms with Crippen molar-refractivity contribution in [2.45, 2.75) is 51.0 Å². The van der Waals surface area contributed by atoms with Gasteiger partial charge in [0.15, 0.2) is 5.76 Å². The zero-order valence-electron chi connectivity index (χ0n) is 18.6. The highest BCUT2D eigenvalue weighted by Gasteiger charge is 2.51. The molecule has 33 heavy (non-hydrogen) atoms. The van der Waals surface area contributed by atoms with E-state index in [1.54, 1.807) is 6.92 Å². The third-order valence-electron chi connectivity index (χ3n) is 6.75. The minimum absolute atomic E-state index is 0.107. The summed E-state index contributed by atoms with van der Waals surface area (Å²) in [6.45, 7) is 3.68. The molecule has 0 saturated heterocycles. The third kappa shape index (κ3) is 4.11. The Labute approximate surface area is 191 Å². The van der Waals surface area contributed by atoms with Crippen molar-refractivity contribution in [1.29, 1.82) is 0 Å². The van der Waals surface area contributed by atoms with Crippen molar-refractivity contribution in [1.82, 2.24) is 5.16 Å². The summed E-state index contributed by atoms with van der Waals surface area (Å²) in [6.07, 6.45) is 2.97. The van der Waals surface area contributed by atoms with Crippen LogP contribution < -0.4 is 5.32 Å². The first-order valence-electron chi connectivity index (χ1n) is 11.3. The summed E-state index contributed by atoms with van der Waals surface area (Å²) in [5, 5.41) is 16.3. The van der Waals surface area contributed by atoms with E-state index in [1.807, 2.05) is 55.5 Å². The highest BCUT2D eigenvalue weighted by Crippen LogP contribution is 2.48. The van der Waals surface area contributed by atoms with Crippen molar-refractivity contribution < 1.29 is 24.0 Å².